The van der Waals surface area contributed by atoms with E-state index >= 15 is 0 Å². The molecule has 2 heterocycles. The summed E-state index contributed by atoms with van der Waals surface area (Å²) in [7, 11) is 1.68. The van der Waals surface area contributed by atoms with Gasteiger partial charge in [-0.1, -0.05) is 23.2 Å². The number of amides is 1. The molecule has 0 aliphatic carbocycles. The zero-order valence-electron chi connectivity index (χ0n) is 14.9. The second kappa shape index (κ2) is 8.15. The summed E-state index contributed by atoms with van der Waals surface area (Å²) < 4.78 is 5.64. The van der Waals surface area contributed by atoms with Crippen molar-refractivity contribution in [1.82, 2.24) is 9.80 Å². The molecule has 25 heavy (non-hydrogen) atoms. The van der Waals surface area contributed by atoms with Crippen LogP contribution >= 0.6 is 23.2 Å². The van der Waals surface area contributed by atoms with Crippen molar-refractivity contribution in [2.75, 3.05) is 33.3 Å². The third-order valence-corrected chi connectivity index (χ3v) is 6.28. The Morgan fingerprint density at radius 3 is 2.28 bits per heavy atom. The van der Waals surface area contributed by atoms with E-state index in [9.17, 15) is 4.79 Å². The molecule has 3 rings (SSSR count). The number of hydrogen-bond donors (Lipinski definition) is 0. The topological polar surface area (TPSA) is 32.8 Å². The Morgan fingerprint density at radius 1 is 1.12 bits per heavy atom. The van der Waals surface area contributed by atoms with Crippen LogP contribution in [0, 0.1) is 5.92 Å². The van der Waals surface area contributed by atoms with E-state index in [0.717, 1.165) is 50.3 Å². The minimum absolute atomic E-state index is 0.170. The predicted octanol–water partition coefficient (Wildman–Crippen LogP) is 4.40. The molecular formula is C19H26Cl2N2O2. The number of hydrogen-bond acceptors (Lipinski definition) is 3. The van der Waals surface area contributed by atoms with Gasteiger partial charge < -0.3 is 9.64 Å². The Balaban J connectivity index is 1.91. The third kappa shape index (κ3) is 4.07. The van der Waals surface area contributed by atoms with Crippen molar-refractivity contribution in [2.45, 2.75) is 38.6 Å². The van der Waals surface area contributed by atoms with Crippen LogP contribution in [-0.4, -0.2) is 49.0 Å². The normalized spacial score (nSPS) is 20.7. The molecule has 1 aromatic rings. The number of piperidine rings is 1. The van der Waals surface area contributed by atoms with Crippen molar-refractivity contribution in [3.8, 4) is 5.75 Å². The number of halogens is 2. The van der Waals surface area contributed by atoms with Crippen LogP contribution in [0.25, 0.3) is 0 Å². The zero-order chi connectivity index (χ0) is 18.0. The lowest BCUT2D eigenvalue weighted by Gasteiger charge is -2.40. The lowest BCUT2D eigenvalue weighted by atomic mass is 9.84. The van der Waals surface area contributed by atoms with E-state index in [4.69, 9.17) is 27.9 Å². The first-order valence-corrected chi connectivity index (χ1v) is 9.79. The van der Waals surface area contributed by atoms with E-state index in [-0.39, 0.29) is 11.9 Å². The molecule has 1 aromatic carbocycles. The van der Waals surface area contributed by atoms with Crippen molar-refractivity contribution in [3.05, 3.63) is 27.7 Å². The second-order valence-corrected chi connectivity index (χ2v) is 7.85. The van der Waals surface area contributed by atoms with Gasteiger partial charge in [-0.2, -0.15) is 0 Å². The van der Waals surface area contributed by atoms with Crippen molar-refractivity contribution >= 4 is 29.1 Å². The van der Waals surface area contributed by atoms with Gasteiger partial charge in [-0.15, -0.1) is 0 Å². The average Bonchev–Trinajstić information content (AvgIpc) is 3.12. The maximum absolute atomic E-state index is 11.6. The minimum Gasteiger partial charge on any atom is -0.496 e. The highest BCUT2D eigenvalue weighted by Crippen LogP contribution is 2.43. The lowest BCUT2D eigenvalue weighted by Crippen LogP contribution is -2.41. The predicted molar refractivity (Wildman–Crippen MR) is 102 cm³/mol. The van der Waals surface area contributed by atoms with Crippen LogP contribution in [0.3, 0.4) is 0 Å². The molecule has 0 bridgehead atoms. The number of likely N-dealkylation sites (tertiary alicyclic amines) is 2. The van der Waals surface area contributed by atoms with Gasteiger partial charge in [0, 0.05) is 37.7 Å². The molecule has 0 saturated carbocycles. The molecule has 2 fully saturated rings. The summed E-state index contributed by atoms with van der Waals surface area (Å²) >= 11 is 12.5. The van der Waals surface area contributed by atoms with Crippen molar-refractivity contribution < 1.29 is 9.53 Å². The summed E-state index contributed by atoms with van der Waals surface area (Å²) in [6.45, 7) is 5.50. The maximum Gasteiger partial charge on any atom is 0.219 e. The van der Waals surface area contributed by atoms with Gasteiger partial charge in [0.05, 0.1) is 17.2 Å². The van der Waals surface area contributed by atoms with Gasteiger partial charge in [-0.05, 0) is 50.8 Å². The molecule has 1 amide bonds. The summed E-state index contributed by atoms with van der Waals surface area (Å²) in [5, 5.41) is 1.09. The van der Waals surface area contributed by atoms with Gasteiger partial charge >= 0.3 is 0 Å². The standard InChI is InChI=1S/C19H26Cl2N2O2/c1-13(24)22-9-5-14(6-10-22)19(23-7-3-4-8-23)15-11-16(20)17(21)12-18(15)25-2/h11-12,14,19H,3-10H2,1-2H3. The van der Waals surface area contributed by atoms with Gasteiger partial charge in [-0.25, -0.2) is 0 Å². The molecule has 2 aliphatic rings. The monoisotopic (exact) mass is 384 g/mol. The summed E-state index contributed by atoms with van der Waals surface area (Å²) in [5.74, 6) is 1.46. The number of carbonyl (C=O) groups excluding carboxylic acids is 1. The fourth-order valence-corrected chi connectivity index (χ4v) is 4.58. The zero-order valence-corrected chi connectivity index (χ0v) is 16.4. The molecule has 138 valence electrons. The molecule has 1 atom stereocenters. The van der Waals surface area contributed by atoms with E-state index in [2.05, 4.69) is 4.90 Å². The van der Waals surface area contributed by atoms with Crippen LogP contribution in [0.15, 0.2) is 12.1 Å². The molecule has 0 radical (unpaired) electrons. The smallest absolute Gasteiger partial charge is 0.219 e. The fourth-order valence-electron chi connectivity index (χ4n) is 4.25. The summed E-state index contributed by atoms with van der Waals surface area (Å²) in [6, 6.07) is 4.07. The SMILES string of the molecule is COc1cc(Cl)c(Cl)cc1C(C1CCN(C(C)=O)CC1)N1CCCC1. The number of nitrogens with zero attached hydrogens (tertiary/aromatic N) is 2. The molecular weight excluding hydrogens is 359 g/mol. The molecule has 4 nitrogen and oxygen atoms in total. The number of ether oxygens (including phenoxy) is 1. The highest BCUT2D eigenvalue weighted by Gasteiger charge is 2.35. The minimum atomic E-state index is 0.170. The van der Waals surface area contributed by atoms with Gasteiger partial charge in [0.25, 0.3) is 0 Å². The number of benzene rings is 1. The van der Waals surface area contributed by atoms with Crippen molar-refractivity contribution in [3.63, 3.8) is 0 Å². The number of carbonyl (C=O) groups is 1. The quantitative estimate of drug-likeness (QED) is 0.770. The Bertz CT molecular complexity index is 624. The first kappa shape index (κ1) is 18.8. The molecule has 2 aliphatic heterocycles. The molecule has 0 spiro atoms. The van der Waals surface area contributed by atoms with Gasteiger partial charge in [0.1, 0.15) is 5.75 Å². The first-order chi connectivity index (χ1) is 12.0. The van der Waals surface area contributed by atoms with E-state index in [1.807, 2.05) is 17.0 Å². The van der Waals surface area contributed by atoms with Crippen molar-refractivity contribution in [1.29, 1.82) is 0 Å². The van der Waals surface area contributed by atoms with Crippen LogP contribution in [0.1, 0.15) is 44.2 Å². The highest BCUT2D eigenvalue weighted by molar-refractivity contribution is 6.42. The van der Waals surface area contributed by atoms with Crippen LogP contribution in [0.2, 0.25) is 10.0 Å². The highest BCUT2D eigenvalue weighted by atomic mass is 35.5. The molecule has 0 aromatic heterocycles. The molecule has 2 saturated heterocycles. The third-order valence-electron chi connectivity index (χ3n) is 5.56. The Labute approximate surface area is 160 Å². The molecule has 6 heteroatoms. The Hall–Kier alpha value is -0.970. The maximum atomic E-state index is 11.6. The second-order valence-electron chi connectivity index (χ2n) is 7.04. The fraction of sp³-hybridized carbons (Fsp3) is 0.632. The van der Waals surface area contributed by atoms with Crippen LogP contribution in [-0.2, 0) is 4.79 Å². The largest absolute Gasteiger partial charge is 0.496 e. The molecule has 0 N–H and O–H groups in total. The summed E-state index contributed by atoms with van der Waals surface area (Å²) in [5.41, 5.74) is 1.13. The van der Waals surface area contributed by atoms with E-state index in [1.54, 1.807) is 14.0 Å². The summed E-state index contributed by atoms with van der Waals surface area (Å²) in [4.78, 5) is 16.1. The van der Waals surface area contributed by atoms with E-state index in [1.165, 1.54) is 12.8 Å². The van der Waals surface area contributed by atoms with Crippen LogP contribution in [0.4, 0.5) is 0 Å². The lowest BCUT2D eigenvalue weighted by molar-refractivity contribution is -0.130. The summed E-state index contributed by atoms with van der Waals surface area (Å²) in [6.07, 6.45) is 4.47. The van der Waals surface area contributed by atoms with Crippen LogP contribution in [0.5, 0.6) is 5.75 Å². The average molecular weight is 385 g/mol. The Morgan fingerprint density at radius 2 is 1.72 bits per heavy atom. The molecule has 1 unspecified atom stereocenters. The van der Waals surface area contributed by atoms with Gasteiger partial charge in [0.2, 0.25) is 5.91 Å². The van der Waals surface area contributed by atoms with E-state index in [0.29, 0.717) is 16.0 Å². The first-order valence-electron chi connectivity index (χ1n) is 9.03. The van der Waals surface area contributed by atoms with E-state index < -0.39 is 0 Å². The number of rotatable bonds is 4. The number of methoxy groups -OCH3 is 1. The Kier molecular flexibility index (Phi) is 6.13. The van der Waals surface area contributed by atoms with Gasteiger partial charge in [-0.3, -0.25) is 9.69 Å². The van der Waals surface area contributed by atoms with Gasteiger partial charge in [0.15, 0.2) is 0 Å². The van der Waals surface area contributed by atoms with Crippen LogP contribution < -0.4 is 4.74 Å². The van der Waals surface area contributed by atoms with Crippen molar-refractivity contribution in [2.24, 2.45) is 5.92 Å².